The highest BCUT2D eigenvalue weighted by Gasteiger charge is 2.10. The van der Waals surface area contributed by atoms with Crippen molar-refractivity contribution in [2.45, 2.75) is 0 Å². The summed E-state index contributed by atoms with van der Waals surface area (Å²) in [5.74, 6) is 0.749. The third kappa shape index (κ3) is 4.19. The van der Waals surface area contributed by atoms with Crippen LogP contribution in [0.1, 0.15) is 21.1 Å². The van der Waals surface area contributed by atoms with E-state index in [1.807, 2.05) is 72.1 Å². The van der Waals surface area contributed by atoms with Gasteiger partial charge in [0, 0.05) is 17.3 Å². The van der Waals surface area contributed by atoms with E-state index in [1.165, 1.54) is 11.3 Å². The first-order valence-corrected chi connectivity index (χ1v) is 9.18. The molecule has 2 aromatic carbocycles. The van der Waals surface area contributed by atoms with Crippen LogP contribution in [-0.2, 0) is 0 Å². The Hall–Kier alpha value is -3.51. The highest BCUT2D eigenvalue weighted by Crippen LogP contribution is 2.21. The number of thiophene rings is 1. The molecule has 0 saturated heterocycles. The molecule has 0 aliphatic heterocycles. The Morgan fingerprint density at radius 3 is 2.70 bits per heavy atom. The van der Waals surface area contributed by atoms with Crippen LogP contribution in [-0.4, -0.2) is 16.0 Å². The first kappa shape index (κ1) is 16.9. The van der Waals surface area contributed by atoms with Crippen molar-refractivity contribution in [1.29, 1.82) is 0 Å². The van der Waals surface area contributed by atoms with Crippen molar-refractivity contribution >= 4 is 35.1 Å². The normalized spacial score (nSPS) is 11.0. The van der Waals surface area contributed by atoms with Gasteiger partial charge in [-0.25, -0.2) is 0 Å². The maximum Gasteiger partial charge on any atom is 0.265 e. The quantitative estimate of drug-likeness (QED) is 0.521. The molecule has 0 saturated carbocycles. The summed E-state index contributed by atoms with van der Waals surface area (Å²) in [4.78, 5) is 17.2. The van der Waals surface area contributed by atoms with Crippen LogP contribution in [0.4, 0.5) is 5.69 Å². The van der Waals surface area contributed by atoms with E-state index in [0.717, 1.165) is 11.1 Å². The lowest BCUT2D eigenvalue weighted by molar-refractivity contribution is 0.103. The molecule has 132 valence electrons. The first-order valence-electron chi connectivity index (χ1n) is 8.30. The molecule has 1 N–H and O–H groups in total. The minimum atomic E-state index is -0.137. The molecule has 2 heterocycles. The number of rotatable bonds is 5. The van der Waals surface area contributed by atoms with Crippen molar-refractivity contribution in [3.8, 4) is 11.4 Å². The fourth-order valence-electron chi connectivity index (χ4n) is 2.49. The number of hydrogen-bond donors (Lipinski definition) is 1. The zero-order valence-electron chi connectivity index (χ0n) is 14.2. The molecule has 4 rings (SSSR count). The van der Waals surface area contributed by atoms with Gasteiger partial charge in [-0.3, -0.25) is 4.79 Å². The highest BCUT2D eigenvalue weighted by molar-refractivity contribution is 7.12. The van der Waals surface area contributed by atoms with Gasteiger partial charge in [0.2, 0.25) is 5.82 Å². The van der Waals surface area contributed by atoms with Gasteiger partial charge < -0.3 is 9.84 Å². The van der Waals surface area contributed by atoms with Crippen LogP contribution < -0.4 is 5.32 Å². The van der Waals surface area contributed by atoms with Crippen LogP contribution in [0, 0.1) is 0 Å². The molecule has 0 unspecified atom stereocenters. The lowest BCUT2D eigenvalue weighted by atomic mass is 10.2. The van der Waals surface area contributed by atoms with Gasteiger partial charge >= 0.3 is 0 Å². The lowest BCUT2D eigenvalue weighted by Crippen LogP contribution is -2.09. The summed E-state index contributed by atoms with van der Waals surface area (Å²) in [5.41, 5.74) is 2.50. The zero-order chi connectivity index (χ0) is 18.5. The smallest absolute Gasteiger partial charge is 0.265 e. The average molecular weight is 373 g/mol. The molecule has 0 aliphatic carbocycles. The summed E-state index contributed by atoms with van der Waals surface area (Å²) in [6.45, 7) is 0. The predicted molar refractivity (Wildman–Crippen MR) is 107 cm³/mol. The number of carbonyl (C=O) groups is 1. The van der Waals surface area contributed by atoms with E-state index in [1.54, 1.807) is 12.1 Å². The minimum absolute atomic E-state index is 0.137. The summed E-state index contributed by atoms with van der Waals surface area (Å²) in [6.07, 6.45) is 3.68. The molecule has 27 heavy (non-hydrogen) atoms. The molecule has 0 spiro atoms. The van der Waals surface area contributed by atoms with E-state index in [2.05, 4.69) is 15.5 Å². The third-order valence-corrected chi connectivity index (χ3v) is 4.65. The molecule has 6 heteroatoms. The fraction of sp³-hybridized carbons (Fsp3) is 0. The predicted octanol–water partition coefficient (Wildman–Crippen LogP) is 5.22. The molecule has 0 atom stereocenters. The lowest BCUT2D eigenvalue weighted by Gasteiger charge is -2.04. The van der Waals surface area contributed by atoms with Gasteiger partial charge in [0.1, 0.15) is 0 Å². The summed E-state index contributed by atoms with van der Waals surface area (Å²) in [7, 11) is 0. The van der Waals surface area contributed by atoms with Crippen LogP contribution in [0.15, 0.2) is 76.6 Å². The summed E-state index contributed by atoms with van der Waals surface area (Å²) in [6, 6.07) is 20.9. The second kappa shape index (κ2) is 7.80. The van der Waals surface area contributed by atoms with E-state index < -0.39 is 0 Å². The average Bonchev–Trinajstić information content (AvgIpc) is 3.40. The van der Waals surface area contributed by atoms with E-state index >= 15 is 0 Å². The molecule has 5 nitrogen and oxygen atoms in total. The van der Waals surface area contributed by atoms with Crippen LogP contribution in [0.2, 0.25) is 0 Å². The molecule has 0 aliphatic rings. The van der Waals surface area contributed by atoms with Gasteiger partial charge in [-0.2, -0.15) is 4.98 Å². The first-order chi connectivity index (χ1) is 13.3. The van der Waals surface area contributed by atoms with Crippen LogP contribution in [0.3, 0.4) is 0 Å². The Kier molecular flexibility index (Phi) is 4.89. The number of amides is 1. The zero-order valence-corrected chi connectivity index (χ0v) is 15.0. The minimum Gasteiger partial charge on any atom is -0.334 e. The molecule has 0 bridgehead atoms. The number of nitrogens with zero attached hydrogens (tertiary/aromatic N) is 2. The number of anilines is 1. The fourth-order valence-corrected chi connectivity index (χ4v) is 3.11. The number of benzene rings is 2. The van der Waals surface area contributed by atoms with Gasteiger partial charge in [0.15, 0.2) is 0 Å². The second-order valence-corrected chi connectivity index (χ2v) is 6.66. The van der Waals surface area contributed by atoms with Crippen molar-refractivity contribution < 1.29 is 9.32 Å². The van der Waals surface area contributed by atoms with Crippen molar-refractivity contribution in [1.82, 2.24) is 10.1 Å². The van der Waals surface area contributed by atoms with Crippen molar-refractivity contribution in [2.24, 2.45) is 0 Å². The van der Waals surface area contributed by atoms with Gasteiger partial charge in [0.25, 0.3) is 11.8 Å². The summed E-state index contributed by atoms with van der Waals surface area (Å²) in [5, 5.41) is 8.77. The summed E-state index contributed by atoms with van der Waals surface area (Å²) >= 11 is 1.40. The number of carbonyl (C=O) groups excluding carboxylic acids is 1. The van der Waals surface area contributed by atoms with Crippen LogP contribution in [0.25, 0.3) is 23.5 Å². The second-order valence-electron chi connectivity index (χ2n) is 5.71. The van der Waals surface area contributed by atoms with Crippen molar-refractivity contribution in [3.63, 3.8) is 0 Å². The number of nitrogens with one attached hydrogen (secondary N) is 1. The Bertz CT molecular complexity index is 1070. The largest absolute Gasteiger partial charge is 0.334 e. The van der Waals surface area contributed by atoms with Crippen LogP contribution >= 0.6 is 11.3 Å². The molecule has 1 amide bonds. The number of aromatic nitrogens is 2. The monoisotopic (exact) mass is 373 g/mol. The van der Waals surface area contributed by atoms with Gasteiger partial charge in [-0.15, -0.1) is 11.3 Å². The Morgan fingerprint density at radius 1 is 1.00 bits per heavy atom. The van der Waals surface area contributed by atoms with Crippen LogP contribution in [0.5, 0.6) is 0 Å². The number of hydrogen-bond acceptors (Lipinski definition) is 5. The topological polar surface area (TPSA) is 68.0 Å². The van der Waals surface area contributed by atoms with E-state index in [-0.39, 0.29) is 5.91 Å². The molecular weight excluding hydrogens is 358 g/mol. The standard InChI is InChI=1S/C21H15N3O2S/c25-21(18-10-5-13-27-18)22-17-9-4-8-16(14-17)20-23-19(26-24-20)12-11-15-6-2-1-3-7-15/h1-14H,(H,22,25)/b12-11+. The van der Waals surface area contributed by atoms with E-state index in [0.29, 0.717) is 22.3 Å². The van der Waals surface area contributed by atoms with Gasteiger partial charge in [-0.1, -0.05) is 53.7 Å². The Balaban J connectivity index is 1.50. The van der Waals surface area contributed by atoms with Gasteiger partial charge in [-0.05, 0) is 35.2 Å². The Morgan fingerprint density at radius 2 is 1.89 bits per heavy atom. The Labute approximate surface area is 160 Å². The molecule has 0 radical (unpaired) electrons. The van der Waals surface area contributed by atoms with Gasteiger partial charge in [0.05, 0.1) is 4.88 Å². The molecule has 4 aromatic rings. The van der Waals surface area contributed by atoms with Crippen molar-refractivity contribution in [2.75, 3.05) is 5.32 Å². The maximum atomic E-state index is 12.2. The maximum absolute atomic E-state index is 12.2. The molecule has 0 fully saturated rings. The molecule has 2 aromatic heterocycles. The molecular formula is C21H15N3O2S. The van der Waals surface area contributed by atoms with E-state index in [4.69, 9.17) is 4.52 Å². The third-order valence-electron chi connectivity index (χ3n) is 3.78. The SMILES string of the molecule is O=C(Nc1cccc(-c2noc(/C=C/c3ccccc3)n2)c1)c1cccs1. The highest BCUT2D eigenvalue weighted by atomic mass is 32.1. The van der Waals surface area contributed by atoms with E-state index in [9.17, 15) is 4.79 Å². The van der Waals surface area contributed by atoms with Crippen molar-refractivity contribution in [3.05, 3.63) is 88.4 Å². The summed E-state index contributed by atoms with van der Waals surface area (Å²) < 4.78 is 5.29.